The Bertz CT molecular complexity index is 709. The number of allylic oxidation sites excluding steroid dienone is 1. The lowest BCUT2D eigenvalue weighted by Crippen LogP contribution is -2.56. The van der Waals surface area contributed by atoms with Crippen LogP contribution < -0.4 is 0 Å². The van der Waals surface area contributed by atoms with Crippen molar-refractivity contribution in [2.45, 2.75) is 109 Å². The van der Waals surface area contributed by atoms with Crippen LogP contribution in [-0.2, 0) is 28.5 Å². The Morgan fingerprint density at radius 2 is 1.97 bits per heavy atom. The van der Waals surface area contributed by atoms with E-state index in [0.717, 1.165) is 45.1 Å². The SMILES string of the molecule is COC1C(OC(=O)C2CCC[C@H]2COC(C)C)CC[C@]2(CO2)C1[C@@]1(C)O[C@@H]1CC=C(C)C. The summed E-state index contributed by atoms with van der Waals surface area (Å²) >= 11 is 0. The van der Waals surface area contributed by atoms with E-state index in [0.29, 0.717) is 6.61 Å². The first-order valence-electron chi connectivity index (χ1n) is 12.5. The standard InChI is InChI=1S/C26H42O6/c1-16(2)10-11-21-25(5,32-21)23-22(28-6)20(12-13-26(23)15-30-26)31-24(27)19-9-7-8-18(19)14-29-17(3)4/h10,17-23H,7-9,11-15H2,1-6H3/t18-,19?,20?,21+,22?,23?,25-,26-/m0/s1. The summed E-state index contributed by atoms with van der Waals surface area (Å²) in [5.41, 5.74) is 0.792. The lowest BCUT2D eigenvalue weighted by Gasteiger charge is -2.43. The van der Waals surface area contributed by atoms with E-state index in [9.17, 15) is 4.79 Å². The summed E-state index contributed by atoms with van der Waals surface area (Å²) in [6, 6.07) is 0. The molecular formula is C26H42O6. The second-order valence-electron chi connectivity index (χ2n) is 11.0. The maximum atomic E-state index is 13.2. The quantitative estimate of drug-likeness (QED) is 0.294. The number of methoxy groups -OCH3 is 1. The zero-order valence-corrected chi connectivity index (χ0v) is 20.7. The Morgan fingerprint density at radius 3 is 2.59 bits per heavy atom. The van der Waals surface area contributed by atoms with Crippen LogP contribution in [0.25, 0.3) is 0 Å². The first-order valence-corrected chi connectivity index (χ1v) is 12.5. The van der Waals surface area contributed by atoms with E-state index in [1.807, 2.05) is 13.8 Å². The zero-order valence-electron chi connectivity index (χ0n) is 20.7. The predicted octanol–water partition coefficient (Wildman–Crippen LogP) is 4.45. The normalized spacial score (nSPS) is 42.8. The van der Waals surface area contributed by atoms with Crippen LogP contribution in [0.4, 0.5) is 0 Å². The van der Waals surface area contributed by atoms with Crippen LogP contribution in [0, 0.1) is 17.8 Å². The van der Waals surface area contributed by atoms with Gasteiger partial charge in [0.25, 0.3) is 0 Å². The van der Waals surface area contributed by atoms with E-state index < -0.39 is 0 Å². The number of esters is 1. The Labute approximate surface area is 193 Å². The van der Waals surface area contributed by atoms with Crippen LogP contribution >= 0.6 is 0 Å². The van der Waals surface area contributed by atoms with E-state index in [1.54, 1.807) is 7.11 Å². The first kappa shape index (κ1) is 24.2. The monoisotopic (exact) mass is 450 g/mol. The summed E-state index contributed by atoms with van der Waals surface area (Å²) in [6.07, 6.45) is 7.61. The van der Waals surface area contributed by atoms with Crippen molar-refractivity contribution in [3.8, 4) is 0 Å². The summed E-state index contributed by atoms with van der Waals surface area (Å²) in [6.45, 7) is 11.8. The Morgan fingerprint density at radius 1 is 1.22 bits per heavy atom. The van der Waals surface area contributed by atoms with Gasteiger partial charge < -0.3 is 23.7 Å². The van der Waals surface area contributed by atoms with Gasteiger partial charge in [-0.05, 0) is 72.6 Å². The van der Waals surface area contributed by atoms with Gasteiger partial charge in [0.05, 0.1) is 37.3 Å². The molecule has 0 aromatic carbocycles. The molecule has 2 heterocycles. The highest BCUT2D eigenvalue weighted by atomic mass is 16.6. The summed E-state index contributed by atoms with van der Waals surface area (Å²) in [4.78, 5) is 13.2. The molecule has 0 amide bonds. The van der Waals surface area contributed by atoms with Gasteiger partial charge in [0.15, 0.2) is 0 Å². The number of rotatable bonds is 9. The maximum absolute atomic E-state index is 13.2. The van der Waals surface area contributed by atoms with E-state index >= 15 is 0 Å². The number of ether oxygens (including phenoxy) is 5. The number of hydrogen-bond acceptors (Lipinski definition) is 6. The average Bonchev–Trinajstić information content (AvgIpc) is 3.59. The van der Waals surface area contributed by atoms with Crippen molar-refractivity contribution in [3.63, 3.8) is 0 Å². The third-order valence-electron chi connectivity index (χ3n) is 8.11. The number of epoxide rings is 2. The van der Waals surface area contributed by atoms with Gasteiger partial charge in [-0.25, -0.2) is 0 Å². The van der Waals surface area contributed by atoms with E-state index in [-0.39, 0.29) is 59.3 Å². The van der Waals surface area contributed by atoms with Crippen LogP contribution in [0.1, 0.15) is 73.1 Å². The molecule has 182 valence electrons. The molecule has 0 N–H and O–H groups in total. The minimum Gasteiger partial charge on any atom is -0.459 e. The Hall–Kier alpha value is -0.950. The van der Waals surface area contributed by atoms with Crippen molar-refractivity contribution >= 4 is 5.97 Å². The molecule has 1 spiro atoms. The van der Waals surface area contributed by atoms with Crippen molar-refractivity contribution in [1.29, 1.82) is 0 Å². The largest absolute Gasteiger partial charge is 0.459 e. The molecule has 4 aliphatic rings. The van der Waals surface area contributed by atoms with E-state index in [2.05, 4.69) is 26.8 Å². The van der Waals surface area contributed by atoms with E-state index in [1.165, 1.54) is 5.57 Å². The Balaban J connectivity index is 1.44. The lowest BCUT2D eigenvalue weighted by molar-refractivity contribution is -0.178. The maximum Gasteiger partial charge on any atom is 0.309 e. The third kappa shape index (κ3) is 4.79. The van der Waals surface area contributed by atoms with E-state index in [4.69, 9.17) is 23.7 Å². The van der Waals surface area contributed by atoms with Crippen LogP contribution in [0.15, 0.2) is 11.6 Å². The summed E-state index contributed by atoms with van der Waals surface area (Å²) in [7, 11) is 1.73. The fourth-order valence-corrected chi connectivity index (χ4v) is 6.17. The van der Waals surface area contributed by atoms with Crippen LogP contribution in [-0.4, -0.2) is 61.9 Å². The molecule has 2 aliphatic heterocycles. The van der Waals surface area contributed by atoms with Crippen molar-refractivity contribution in [3.05, 3.63) is 11.6 Å². The first-order chi connectivity index (χ1) is 15.2. The fourth-order valence-electron chi connectivity index (χ4n) is 6.17. The summed E-state index contributed by atoms with van der Waals surface area (Å²) in [5, 5.41) is 0. The van der Waals surface area contributed by atoms with Gasteiger partial charge in [-0.2, -0.15) is 0 Å². The molecule has 4 unspecified atom stereocenters. The molecule has 6 heteroatoms. The number of hydrogen-bond donors (Lipinski definition) is 0. The smallest absolute Gasteiger partial charge is 0.309 e. The molecule has 2 aliphatic carbocycles. The van der Waals surface area contributed by atoms with Gasteiger partial charge in [0.1, 0.15) is 23.4 Å². The van der Waals surface area contributed by atoms with Gasteiger partial charge in [-0.3, -0.25) is 4.79 Å². The third-order valence-corrected chi connectivity index (χ3v) is 8.11. The van der Waals surface area contributed by atoms with Crippen LogP contribution in [0.3, 0.4) is 0 Å². The van der Waals surface area contributed by atoms with Gasteiger partial charge in [-0.1, -0.05) is 18.1 Å². The molecule has 0 bridgehead atoms. The molecule has 4 fully saturated rings. The molecule has 6 nitrogen and oxygen atoms in total. The predicted molar refractivity (Wildman–Crippen MR) is 121 cm³/mol. The highest BCUT2D eigenvalue weighted by molar-refractivity contribution is 5.73. The minimum absolute atomic E-state index is 0.0609. The average molecular weight is 451 g/mol. The fraction of sp³-hybridized carbons (Fsp3) is 0.885. The second kappa shape index (κ2) is 9.36. The van der Waals surface area contributed by atoms with Crippen LogP contribution in [0.5, 0.6) is 0 Å². The van der Waals surface area contributed by atoms with Gasteiger partial charge in [0.2, 0.25) is 0 Å². The molecule has 0 radical (unpaired) electrons. The molecular weight excluding hydrogens is 408 g/mol. The molecule has 8 atom stereocenters. The lowest BCUT2D eigenvalue weighted by atomic mass is 9.68. The zero-order chi connectivity index (χ0) is 23.1. The second-order valence-corrected chi connectivity index (χ2v) is 11.0. The summed E-state index contributed by atoms with van der Waals surface area (Å²) in [5.74, 6) is 0.157. The highest BCUT2D eigenvalue weighted by Gasteiger charge is 2.72. The minimum atomic E-state index is -0.310. The van der Waals surface area contributed by atoms with Crippen molar-refractivity contribution in [2.24, 2.45) is 17.8 Å². The van der Waals surface area contributed by atoms with Crippen molar-refractivity contribution in [2.75, 3.05) is 20.3 Å². The van der Waals surface area contributed by atoms with Crippen molar-refractivity contribution < 1.29 is 28.5 Å². The molecule has 0 aromatic heterocycles. The van der Waals surface area contributed by atoms with Crippen LogP contribution in [0.2, 0.25) is 0 Å². The summed E-state index contributed by atoms with van der Waals surface area (Å²) < 4.78 is 30.3. The molecule has 2 saturated carbocycles. The highest BCUT2D eigenvalue weighted by Crippen LogP contribution is 2.59. The molecule has 32 heavy (non-hydrogen) atoms. The molecule has 0 aromatic rings. The number of carbonyl (C=O) groups is 1. The molecule has 2 saturated heterocycles. The van der Waals surface area contributed by atoms with Gasteiger partial charge in [-0.15, -0.1) is 0 Å². The molecule has 4 rings (SSSR count). The Kier molecular flexibility index (Phi) is 7.07. The number of carbonyl (C=O) groups excluding carboxylic acids is 1. The van der Waals surface area contributed by atoms with Gasteiger partial charge >= 0.3 is 5.97 Å². The topological polar surface area (TPSA) is 69.8 Å². The van der Waals surface area contributed by atoms with Crippen molar-refractivity contribution in [1.82, 2.24) is 0 Å². The van der Waals surface area contributed by atoms with Gasteiger partial charge in [0, 0.05) is 7.11 Å².